The summed E-state index contributed by atoms with van der Waals surface area (Å²) < 4.78 is 44.3. The van der Waals surface area contributed by atoms with Gasteiger partial charge >= 0.3 is 0 Å². The Morgan fingerprint density at radius 2 is 0.983 bits per heavy atom. The summed E-state index contributed by atoms with van der Waals surface area (Å²) in [4.78, 5) is 2.21. The van der Waals surface area contributed by atoms with E-state index >= 15 is 0 Å². The molecular formula is C56H38N2. The summed E-state index contributed by atoms with van der Waals surface area (Å²) in [7, 11) is 0. The highest BCUT2D eigenvalue weighted by Crippen LogP contribution is 2.42. The normalized spacial score (nSPS) is 12.7. The summed E-state index contributed by atoms with van der Waals surface area (Å²) in [5.41, 5.74) is 11.2. The second-order valence-corrected chi connectivity index (χ2v) is 14.6. The van der Waals surface area contributed by atoms with Crippen LogP contribution in [-0.4, -0.2) is 4.57 Å². The zero-order chi connectivity index (χ0) is 42.8. The fourth-order valence-electron chi connectivity index (χ4n) is 8.54. The molecule has 0 spiro atoms. The molecule has 10 aromatic carbocycles. The lowest BCUT2D eigenvalue weighted by molar-refractivity contribution is 1.18. The lowest BCUT2D eigenvalue weighted by Gasteiger charge is -2.26. The maximum atomic E-state index is 8.63. The molecule has 2 nitrogen and oxygen atoms in total. The molecule has 272 valence electrons. The van der Waals surface area contributed by atoms with Crippen molar-refractivity contribution >= 4 is 60.4 Å². The Morgan fingerprint density at radius 1 is 0.362 bits per heavy atom. The quantitative estimate of drug-likeness (QED) is 0.148. The summed E-state index contributed by atoms with van der Waals surface area (Å²) in [6, 6.07) is 68.4. The van der Waals surface area contributed by atoms with E-state index in [1.807, 2.05) is 30.3 Å². The third-order valence-corrected chi connectivity index (χ3v) is 11.2. The first-order chi connectivity index (χ1) is 30.8. The van der Waals surface area contributed by atoms with Gasteiger partial charge in [-0.2, -0.15) is 0 Å². The van der Waals surface area contributed by atoms with Crippen LogP contribution in [0.4, 0.5) is 17.1 Å². The molecule has 0 amide bonds. The Labute approximate surface area is 345 Å². The smallest absolute Gasteiger partial charge is 0.0629 e. The van der Waals surface area contributed by atoms with Crippen LogP contribution >= 0.6 is 0 Å². The molecule has 0 aliphatic carbocycles. The highest BCUT2D eigenvalue weighted by Gasteiger charge is 2.18. The first-order valence-electron chi connectivity index (χ1n) is 22.0. The second kappa shape index (κ2) is 14.1. The standard InChI is InChI=1S/C56H38N2/c1-3-13-39(14-4-1)40-27-32-47(33-28-40)57(48-34-29-41(30-35-48)43-31-36-51-45(37-43)26-25-42-15-7-8-20-50(42)51)49-19-11-16-44(38-49)52-22-12-24-55-56(52)53-21-9-10-23-54(53)58(55)46-17-5-2-6-18-46/h1-38H/i1D,3D,4D,13D,14D. The van der Waals surface area contributed by atoms with Gasteiger partial charge in [-0.25, -0.2) is 0 Å². The van der Waals surface area contributed by atoms with Crippen molar-refractivity contribution in [2.75, 3.05) is 4.90 Å². The molecule has 0 saturated heterocycles. The lowest BCUT2D eigenvalue weighted by Crippen LogP contribution is -2.10. The molecule has 0 aliphatic rings. The molecule has 1 heterocycles. The van der Waals surface area contributed by atoms with Crippen molar-refractivity contribution in [1.29, 1.82) is 0 Å². The van der Waals surface area contributed by atoms with E-state index in [0.29, 0.717) is 5.56 Å². The van der Waals surface area contributed by atoms with E-state index < -0.39 is 6.04 Å². The Hall–Kier alpha value is -7.68. The van der Waals surface area contributed by atoms with Crippen LogP contribution in [0.25, 0.3) is 82.4 Å². The predicted molar refractivity (Wildman–Crippen MR) is 247 cm³/mol. The minimum atomic E-state index is -0.405. The van der Waals surface area contributed by atoms with Crippen LogP contribution in [0.1, 0.15) is 6.85 Å². The molecule has 0 bridgehead atoms. The number of rotatable bonds is 7. The Bertz CT molecular complexity index is 3530. The van der Waals surface area contributed by atoms with Gasteiger partial charge in [-0.15, -0.1) is 0 Å². The average Bonchev–Trinajstić information content (AvgIpc) is 3.68. The number of hydrogen-bond acceptors (Lipinski definition) is 1. The molecule has 0 unspecified atom stereocenters. The number of nitrogens with zero attached hydrogens (tertiary/aromatic N) is 2. The number of benzene rings is 10. The molecule has 58 heavy (non-hydrogen) atoms. The van der Waals surface area contributed by atoms with Gasteiger partial charge in [-0.3, -0.25) is 0 Å². The molecule has 0 saturated carbocycles. The molecule has 2 heteroatoms. The van der Waals surface area contributed by atoms with Crippen LogP contribution in [0.2, 0.25) is 0 Å². The first-order valence-corrected chi connectivity index (χ1v) is 19.5. The van der Waals surface area contributed by atoms with Crippen LogP contribution in [-0.2, 0) is 0 Å². The lowest BCUT2D eigenvalue weighted by atomic mass is 9.97. The zero-order valence-corrected chi connectivity index (χ0v) is 31.4. The maximum absolute atomic E-state index is 8.63. The monoisotopic (exact) mass is 743 g/mol. The highest BCUT2D eigenvalue weighted by atomic mass is 15.1. The molecule has 1 aromatic heterocycles. The Balaban J connectivity index is 1.04. The largest absolute Gasteiger partial charge is 0.310 e. The van der Waals surface area contributed by atoms with E-state index in [0.717, 1.165) is 56.0 Å². The SMILES string of the molecule is [2H]c1c([2H])c([2H])c(-c2ccc(N(c3ccc(-c4ccc5c(ccc6ccccc65)c4)cc3)c3cccc(-c4cccc5c4c4ccccc4n5-c4ccccc4)c3)cc2)c([2H])c1[2H]. The van der Waals surface area contributed by atoms with E-state index in [-0.39, 0.29) is 29.7 Å². The zero-order valence-electron chi connectivity index (χ0n) is 36.4. The van der Waals surface area contributed by atoms with Gasteiger partial charge in [0.1, 0.15) is 0 Å². The van der Waals surface area contributed by atoms with Gasteiger partial charge in [0.2, 0.25) is 0 Å². The fraction of sp³-hybridized carbons (Fsp3) is 0. The van der Waals surface area contributed by atoms with E-state index in [4.69, 9.17) is 6.85 Å². The van der Waals surface area contributed by atoms with E-state index in [1.54, 1.807) is 0 Å². The Morgan fingerprint density at radius 3 is 1.78 bits per heavy atom. The van der Waals surface area contributed by atoms with Crippen molar-refractivity contribution in [3.63, 3.8) is 0 Å². The predicted octanol–water partition coefficient (Wildman–Crippen LogP) is 15.6. The topological polar surface area (TPSA) is 8.17 Å². The summed E-state index contributed by atoms with van der Waals surface area (Å²) in [5.74, 6) is 0. The molecule has 11 rings (SSSR count). The third-order valence-electron chi connectivity index (χ3n) is 11.2. The molecule has 0 fully saturated rings. The van der Waals surface area contributed by atoms with Crippen molar-refractivity contribution in [3.8, 4) is 39.1 Å². The van der Waals surface area contributed by atoms with Gasteiger partial charge in [0.15, 0.2) is 0 Å². The van der Waals surface area contributed by atoms with Gasteiger partial charge in [-0.1, -0.05) is 164 Å². The van der Waals surface area contributed by atoms with E-state index in [2.05, 4.69) is 179 Å². The third kappa shape index (κ3) is 5.82. The van der Waals surface area contributed by atoms with Crippen molar-refractivity contribution in [3.05, 3.63) is 230 Å². The minimum Gasteiger partial charge on any atom is -0.310 e. The van der Waals surface area contributed by atoms with Crippen molar-refractivity contribution < 1.29 is 6.85 Å². The summed E-state index contributed by atoms with van der Waals surface area (Å²) in [6.45, 7) is 0. The maximum Gasteiger partial charge on any atom is 0.0629 e. The number of fused-ring (bicyclic) bond motifs is 6. The van der Waals surface area contributed by atoms with E-state index in [1.165, 1.54) is 32.3 Å². The van der Waals surface area contributed by atoms with Gasteiger partial charge in [0.05, 0.1) is 17.9 Å². The molecule has 0 radical (unpaired) electrons. The first kappa shape index (κ1) is 28.7. The van der Waals surface area contributed by atoms with Gasteiger partial charge in [-0.05, 0) is 122 Å². The summed E-state index contributed by atoms with van der Waals surface area (Å²) in [6.07, 6.45) is 0. The number of anilines is 3. The number of para-hydroxylation sites is 2. The van der Waals surface area contributed by atoms with E-state index in [9.17, 15) is 0 Å². The molecule has 0 aliphatic heterocycles. The van der Waals surface area contributed by atoms with Gasteiger partial charge in [0, 0.05) is 33.5 Å². The van der Waals surface area contributed by atoms with Gasteiger partial charge in [0.25, 0.3) is 0 Å². The molecule has 11 aromatic rings. The summed E-state index contributed by atoms with van der Waals surface area (Å²) in [5, 5.41) is 7.24. The fourth-order valence-corrected chi connectivity index (χ4v) is 8.54. The molecule has 0 N–H and O–H groups in total. The minimum absolute atomic E-state index is 0.177. The summed E-state index contributed by atoms with van der Waals surface area (Å²) >= 11 is 0. The van der Waals surface area contributed by atoms with Crippen LogP contribution in [0.3, 0.4) is 0 Å². The average molecular weight is 744 g/mol. The number of hydrogen-bond donors (Lipinski definition) is 0. The van der Waals surface area contributed by atoms with Crippen LogP contribution in [0.5, 0.6) is 0 Å². The van der Waals surface area contributed by atoms with Crippen molar-refractivity contribution in [1.82, 2.24) is 4.57 Å². The van der Waals surface area contributed by atoms with Crippen molar-refractivity contribution in [2.45, 2.75) is 0 Å². The van der Waals surface area contributed by atoms with Crippen LogP contribution in [0, 0.1) is 0 Å². The van der Waals surface area contributed by atoms with Crippen molar-refractivity contribution in [2.24, 2.45) is 0 Å². The molecule has 0 atom stereocenters. The highest BCUT2D eigenvalue weighted by molar-refractivity contribution is 6.16. The Kier molecular flexibility index (Phi) is 6.98. The van der Waals surface area contributed by atoms with Gasteiger partial charge < -0.3 is 9.47 Å². The van der Waals surface area contributed by atoms with Crippen LogP contribution in [0.15, 0.2) is 230 Å². The number of aromatic nitrogens is 1. The molecular weight excluding hydrogens is 701 g/mol. The van der Waals surface area contributed by atoms with Crippen LogP contribution < -0.4 is 4.90 Å². The second-order valence-electron chi connectivity index (χ2n) is 14.6.